The summed E-state index contributed by atoms with van der Waals surface area (Å²) >= 11 is 3.31. The van der Waals surface area contributed by atoms with Crippen LogP contribution >= 0.6 is 15.9 Å². The van der Waals surface area contributed by atoms with E-state index in [-0.39, 0.29) is 0 Å². The van der Waals surface area contributed by atoms with Crippen molar-refractivity contribution in [2.45, 2.75) is 31.7 Å². The van der Waals surface area contributed by atoms with Gasteiger partial charge in [0.05, 0.1) is 5.56 Å². The van der Waals surface area contributed by atoms with Crippen LogP contribution in [0.15, 0.2) is 42.7 Å². The highest BCUT2D eigenvalue weighted by Crippen LogP contribution is 2.19. The summed E-state index contributed by atoms with van der Waals surface area (Å²) in [6.45, 7) is 5.35. The van der Waals surface area contributed by atoms with E-state index in [0.29, 0.717) is 22.2 Å². The van der Waals surface area contributed by atoms with Crippen molar-refractivity contribution >= 4 is 28.0 Å². The molecule has 0 spiro atoms. The van der Waals surface area contributed by atoms with Crippen molar-refractivity contribution in [3.05, 3.63) is 53.9 Å². The van der Waals surface area contributed by atoms with Gasteiger partial charge in [0.25, 0.3) is 0 Å². The van der Waals surface area contributed by atoms with E-state index in [9.17, 15) is 9.59 Å². The lowest BCUT2D eigenvalue weighted by Crippen LogP contribution is -2.26. The van der Waals surface area contributed by atoms with Crippen molar-refractivity contribution in [2.24, 2.45) is 0 Å². The molecule has 1 aromatic carbocycles. The van der Waals surface area contributed by atoms with E-state index in [2.05, 4.69) is 15.9 Å². The summed E-state index contributed by atoms with van der Waals surface area (Å²) in [4.78, 5) is 24.4. The summed E-state index contributed by atoms with van der Waals surface area (Å²) in [5.41, 5.74) is 0.356. The van der Waals surface area contributed by atoms with Crippen LogP contribution in [0.2, 0.25) is 0 Å². The number of hydrogen-bond acceptors (Lipinski definition) is 4. The van der Waals surface area contributed by atoms with Crippen LogP contribution in [0.3, 0.4) is 0 Å². The first-order valence-corrected chi connectivity index (χ1v) is 8.20. The summed E-state index contributed by atoms with van der Waals surface area (Å²) < 4.78 is 11.9. The van der Waals surface area contributed by atoms with Crippen molar-refractivity contribution in [1.29, 1.82) is 0 Å². The fraction of sp³-hybridized carbons (Fsp3) is 0.294. The SMILES string of the molecule is CC(C)(C)OC(=O)n1cc(CBr)c(C(=O)Oc2ccccc2)c1. The third-order valence-corrected chi connectivity index (χ3v) is 3.44. The van der Waals surface area contributed by atoms with Gasteiger partial charge in [0.1, 0.15) is 11.4 Å². The van der Waals surface area contributed by atoms with Crippen LogP contribution in [0.25, 0.3) is 0 Å². The van der Waals surface area contributed by atoms with E-state index in [1.165, 1.54) is 10.8 Å². The Morgan fingerprint density at radius 3 is 2.35 bits per heavy atom. The average molecular weight is 380 g/mol. The van der Waals surface area contributed by atoms with Crippen LogP contribution < -0.4 is 4.74 Å². The molecular weight excluding hydrogens is 362 g/mol. The Kier molecular flexibility index (Phi) is 5.26. The lowest BCUT2D eigenvalue weighted by molar-refractivity contribution is 0.0537. The fourth-order valence-corrected chi connectivity index (χ4v) is 2.30. The normalized spacial score (nSPS) is 11.1. The maximum Gasteiger partial charge on any atom is 0.418 e. The zero-order valence-electron chi connectivity index (χ0n) is 13.2. The number of esters is 1. The third kappa shape index (κ3) is 4.69. The number of halogens is 1. The largest absolute Gasteiger partial charge is 0.443 e. The summed E-state index contributed by atoms with van der Waals surface area (Å²) in [5, 5.41) is 0.419. The Hall–Kier alpha value is -2.08. The minimum atomic E-state index is -0.610. The number of hydrogen-bond donors (Lipinski definition) is 0. The van der Waals surface area contributed by atoms with Gasteiger partial charge in [-0.3, -0.25) is 4.57 Å². The molecule has 0 aliphatic carbocycles. The number of carbonyl (C=O) groups excluding carboxylic acids is 2. The molecule has 1 heterocycles. The topological polar surface area (TPSA) is 57.5 Å². The van der Waals surface area contributed by atoms with E-state index < -0.39 is 17.7 Å². The predicted octanol–water partition coefficient (Wildman–Crippen LogP) is 4.39. The highest BCUT2D eigenvalue weighted by Gasteiger charge is 2.22. The maximum absolute atomic E-state index is 12.3. The Morgan fingerprint density at radius 2 is 1.78 bits per heavy atom. The second-order valence-electron chi connectivity index (χ2n) is 5.92. The van der Waals surface area contributed by atoms with Crippen molar-refractivity contribution in [3.8, 4) is 5.75 Å². The van der Waals surface area contributed by atoms with Crippen molar-refractivity contribution < 1.29 is 19.1 Å². The molecule has 0 saturated heterocycles. The molecule has 1 aromatic heterocycles. The van der Waals surface area contributed by atoms with E-state index in [1.54, 1.807) is 51.2 Å². The van der Waals surface area contributed by atoms with Crippen LogP contribution in [0, 0.1) is 0 Å². The summed E-state index contributed by atoms with van der Waals surface area (Å²) in [6.07, 6.45) is 2.44. The average Bonchev–Trinajstić information content (AvgIpc) is 2.91. The number of alkyl halides is 1. The Labute approximate surface area is 143 Å². The molecule has 0 atom stereocenters. The van der Waals surface area contributed by atoms with Gasteiger partial charge in [-0.05, 0) is 38.5 Å². The number of aromatic nitrogens is 1. The Balaban J connectivity index is 2.22. The molecule has 0 N–H and O–H groups in total. The smallest absolute Gasteiger partial charge is 0.418 e. The first kappa shape index (κ1) is 17.3. The maximum atomic E-state index is 12.3. The molecule has 0 fully saturated rings. The second-order valence-corrected chi connectivity index (χ2v) is 6.48. The summed E-state index contributed by atoms with van der Waals surface area (Å²) in [7, 11) is 0. The fourth-order valence-electron chi connectivity index (χ4n) is 1.86. The standard InChI is InChI=1S/C17H18BrNO4/c1-17(2,3)23-16(21)19-10-12(9-18)14(11-19)15(20)22-13-7-5-4-6-8-13/h4-8,10-11H,9H2,1-3H3. The van der Waals surface area contributed by atoms with Gasteiger partial charge in [-0.2, -0.15) is 0 Å². The highest BCUT2D eigenvalue weighted by molar-refractivity contribution is 9.08. The van der Waals surface area contributed by atoms with Crippen LogP contribution in [-0.2, 0) is 10.1 Å². The number of para-hydroxylation sites is 1. The number of carbonyl (C=O) groups is 2. The Morgan fingerprint density at radius 1 is 1.13 bits per heavy atom. The van der Waals surface area contributed by atoms with Gasteiger partial charge in [-0.25, -0.2) is 9.59 Å². The van der Waals surface area contributed by atoms with Gasteiger partial charge in [-0.1, -0.05) is 34.1 Å². The van der Waals surface area contributed by atoms with E-state index in [4.69, 9.17) is 9.47 Å². The lowest BCUT2D eigenvalue weighted by atomic mass is 10.2. The van der Waals surface area contributed by atoms with Gasteiger partial charge in [-0.15, -0.1) is 0 Å². The molecule has 2 rings (SSSR count). The van der Waals surface area contributed by atoms with Gasteiger partial charge >= 0.3 is 12.1 Å². The third-order valence-electron chi connectivity index (χ3n) is 2.83. The quantitative estimate of drug-likeness (QED) is 0.450. The molecule has 23 heavy (non-hydrogen) atoms. The molecule has 6 heteroatoms. The van der Waals surface area contributed by atoms with Gasteiger partial charge < -0.3 is 9.47 Å². The van der Waals surface area contributed by atoms with Crippen molar-refractivity contribution in [1.82, 2.24) is 4.57 Å². The monoisotopic (exact) mass is 379 g/mol. The van der Waals surface area contributed by atoms with Gasteiger partial charge in [0.15, 0.2) is 0 Å². The number of ether oxygens (including phenoxy) is 2. The molecule has 0 saturated carbocycles. The molecule has 5 nitrogen and oxygen atoms in total. The van der Waals surface area contributed by atoms with Crippen LogP contribution in [-0.4, -0.2) is 22.2 Å². The summed E-state index contributed by atoms with van der Waals surface area (Å²) in [5.74, 6) is -0.0731. The number of nitrogens with zero attached hydrogens (tertiary/aromatic N) is 1. The van der Waals surface area contributed by atoms with E-state index in [0.717, 1.165) is 0 Å². The van der Waals surface area contributed by atoms with Gasteiger partial charge in [0, 0.05) is 17.7 Å². The minimum Gasteiger partial charge on any atom is -0.443 e. The molecule has 0 aliphatic heterocycles. The predicted molar refractivity (Wildman–Crippen MR) is 90.1 cm³/mol. The van der Waals surface area contributed by atoms with Crippen LogP contribution in [0.1, 0.15) is 36.7 Å². The molecule has 0 amide bonds. The zero-order valence-corrected chi connectivity index (χ0v) is 14.8. The number of benzene rings is 1. The van der Waals surface area contributed by atoms with Crippen molar-refractivity contribution in [2.75, 3.05) is 0 Å². The highest BCUT2D eigenvalue weighted by atomic mass is 79.9. The van der Waals surface area contributed by atoms with E-state index >= 15 is 0 Å². The van der Waals surface area contributed by atoms with E-state index in [1.807, 2.05) is 6.07 Å². The minimum absolute atomic E-state index is 0.316. The van der Waals surface area contributed by atoms with Crippen LogP contribution in [0.4, 0.5) is 4.79 Å². The van der Waals surface area contributed by atoms with Gasteiger partial charge in [0.2, 0.25) is 0 Å². The number of rotatable bonds is 3. The molecule has 0 unspecified atom stereocenters. The van der Waals surface area contributed by atoms with Crippen molar-refractivity contribution in [3.63, 3.8) is 0 Å². The zero-order chi connectivity index (χ0) is 17.0. The summed E-state index contributed by atoms with van der Waals surface area (Å²) in [6, 6.07) is 8.77. The molecular formula is C17H18BrNO4. The second kappa shape index (κ2) is 7.00. The molecule has 122 valence electrons. The molecule has 0 aliphatic rings. The first-order valence-electron chi connectivity index (χ1n) is 7.07. The first-order chi connectivity index (χ1) is 10.8. The molecule has 0 radical (unpaired) electrons. The Bertz CT molecular complexity index is 701. The molecule has 2 aromatic rings. The lowest BCUT2D eigenvalue weighted by Gasteiger charge is -2.19. The molecule has 0 bridgehead atoms. The van der Waals surface area contributed by atoms with Crippen LogP contribution in [0.5, 0.6) is 5.75 Å².